The van der Waals surface area contributed by atoms with Gasteiger partial charge in [0.2, 0.25) is 0 Å². The molecule has 2 nitrogen and oxygen atoms in total. The zero-order chi connectivity index (χ0) is 9.84. The van der Waals surface area contributed by atoms with Crippen molar-refractivity contribution >= 4 is 22.9 Å². The van der Waals surface area contributed by atoms with Crippen LogP contribution in [0.5, 0.6) is 0 Å². The van der Waals surface area contributed by atoms with E-state index in [1.165, 1.54) is 11.3 Å². The van der Waals surface area contributed by atoms with Crippen molar-refractivity contribution in [3.05, 3.63) is 28.2 Å². The molecule has 1 N–H and O–H groups in total. The average molecular weight is 199 g/mol. The molecule has 0 radical (unpaired) electrons. The highest BCUT2D eigenvalue weighted by atomic mass is 32.1. The van der Waals surface area contributed by atoms with Gasteiger partial charge in [-0.05, 0) is 30.9 Å². The first-order valence-electron chi connectivity index (χ1n) is 3.78. The van der Waals surface area contributed by atoms with Crippen LogP contribution in [-0.4, -0.2) is 5.91 Å². The summed E-state index contributed by atoms with van der Waals surface area (Å²) in [5, 5.41) is 6.00. The molecule has 0 aliphatic rings. The third-order valence-electron chi connectivity index (χ3n) is 1.42. The molecule has 0 saturated heterocycles. The van der Waals surface area contributed by atoms with Crippen LogP contribution >= 0.6 is 11.3 Å². The molecule has 1 rings (SSSR count). The van der Waals surface area contributed by atoms with E-state index in [-0.39, 0.29) is 0 Å². The molecule has 0 bridgehead atoms. The van der Waals surface area contributed by atoms with E-state index in [2.05, 4.69) is 5.32 Å². The molecule has 0 unspecified atom stereocenters. The quantitative estimate of drug-likeness (QED) is 0.729. The van der Waals surface area contributed by atoms with Crippen LogP contribution in [0, 0.1) is 0 Å². The molecule has 13 heavy (non-hydrogen) atoms. The highest BCUT2D eigenvalue weighted by Crippen LogP contribution is 2.14. The number of allylic oxidation sites excluding steroid dienone is 1. The van der Waals surface area contributed by atoms with Gasteiger partial charge in [-0.15, -0.1) is 0 Å². The Morgan fingerprint density at radius 3 is 2.69 bits per heavy atom. The van der Waals surface area contributed by atoms with Gasteiger partial charge >= 0.3 is 0 Å². The second kappa shape index (κ2) is 4.18. The Kier molecular flexibility index (Phi) is 3.19. The van der Waals surface area contributed by atoms with Crippen LogP contribution in [0.15, 0.2) is 28.2 Å². The number of carbonyl (C=O) groups is 1. The zero-order valence-corrected chi connectivity index (χ0v) is 8.24. The molecule has 1 heterocycles. The highest BCUT2D eigenvalue weighted by Gasteiger charge is 2.09. The summed E-state index contributed by atoms with van der Waals surface area (Å²) in [5.41, 5.74) is 1.01. The van der Waals surface area contributed by atoms with Crippen LogP contribution in [0.3, 0.4) is 0 Å². The first kappa shape index (κ1) is 9.92. The Morgan fingerprint density at radius 1 is 1.54 bits per heavy atom. The van der Waals surface area contributed by atoms with Gasteiger partial charge in [-0.25, -0.2) is 4.39 Å². The summed E-state index contributed by atoms with van der Waals surface area (Å²) in [6.07, 6.45) is 0. The van der Waals surface area contributed by atoms with Crippen LogP contribution in [0.25, 0.3) is 0 Å². The topological polar surface area (TPSA) is 29.1 Å². The lowest BCUT2D eigenvalue weighted by atomic mass is 10.3. The molecule has 70 valence electrons. The maximum atomic E-state index is 13.0. The molecule has 0 atom stereocenters. The number of amides is 1. The maximum Gasteiger partial charge on any atom is 0.284 e. The van der Waals surface area contributed by atoms with Crippen LogP contribution in [0.4, 0.5) is 10.1 Å². The number of nitrogens with one attached hydrogen (secondary N) is 1. The minimum Gasteiger partial charge on any atom is -0.319 e. The number of rotatable bonds is 2. The second-order valence-corrected chi connectivity index (χ2v) is 3.56. The third-order valence-corrected chi connectivity index (χ3v) is 2.10. The first-order valence-corrected chi connectivity index (χ1v) is 4.72. The van der Waals surface area contributed by atoms with Gasteiger partial charge in [0.05, 0.1) is 5.69 Å². The van der Waals surface area contributed by atoms with E-state index in [9.17, 15) is 9.18 Å². The monoisotopic (exact) mass is 199 g/mol. The summed E-state index contributed by atoms with van der Waals surface area (Å²) < 4.78 is 13.0. The van der Waals surface area contributed by atoms with Crippen molar-refractivity contribution in [2.24, 2.45) is 0 Å². The van der Waals surface area contributed by atoms with Gasteiger partial charge in [0, 0.05) is 5.38 Å². The van der Waals surface area contributed by atoms with E-state index in [0.29, 0.717) is 11.3 Å². The number of thiophene rings is 1. The average Bonchev–Trinajstić information content (AvgIpc) is 2.55. The van der Waals surface area contributed by atoms with E-state index in [1.807, 2.05) is 5.38 Å². The minimum atomic E-state index is -0.716. The molecule has 1 aromatic heterocycles. The lowest BCUT2D eigenvalue weighted by molar-refractivity contribution is -0.114. The number of hydrogen-bond acceptors (Lipinski definition) is 2. The molecule has 4 heteroatoms. The van der Waals surface area contributed by atoms with E-state index in [4.69, 9.17) is 0 Å². The summed E-state index contributed by atoms with van der Waals surface area (Å²) in [6, 6.07) is 1.72. The summed E-state index contributed by atoms with van der Waals surface area (Å²) in [4.78, 5) is 11.1. The van der Waals surface area contributed by atoms with Crippen LogP contribution in [0.2, 0.25) is 0 Å². The number of anilines is 1. The fraction of sp³-hybridized carbons (Fsp3) is 0.222. The van der Waals surface area contributed by atoms with E-state index in [0.717, 1.165) is 0 Å². The number of halogens is 1. The van der Waals surface area contributed by atoms with Gasteiger partial charge in [-0.3, -0.25) is 4.79 Å². The molecule has 0 aliphatic carbocycles. The van der Waals surface area contributed by atoms with Crippen molar-refractivity contribution in [2.45, 2.75) is 13.8 Å². The summed E-state index contributed by atoms with van der Waals surface area (Å²) in [6.45, 7) is 3.12. The first-order chi connectivity index (χ1) is 6.11. The van der Waals surface area contributed by atoms with Gasteiger partial charge in [-0.1, -0.05) is 0 Å². The van der Waals surface area contributed by atoms with E-state index < -0.39 is 11.7 Å². The van der Waals surface area contributed by atoms with Crippen LogP contribution < -0.4 is 5.32 Å². The largest absolute Gasteiger partial charge is 0.319 e. The predicted molar refractivity (Wildman–Crippen MR) is 52.4 cm³/mol. The van der Waals surface area contributed by atoms with Crippen LogP contribution in [-0.2, 0) is 4.79 Å². The Morgan fingerprint density at radius 2 is 2.23 bits per heavy atom. The molecule has 0 aliphatic heterocycles. The Balaban J connectivity index is 2.67. The maximum absolute atomic E-state index is 13.0. The minimum absolute atomic E-state index is 0.382. The molecule has 0 spiro atoms. The van der Waals surface area contributed by atoms with Crippen molar-refractivity contribution in [1.29, 1.82) is 0 Å². The predicted octanol–water partition coefficient (Wildman–Crippen LogP) is 2.95. The third kappa shape index (κ3) is 2.66. The summed E-state index contributed by atoms with van der Waals surface area (Å²) >= 11 is 1.45. The molecule has 0 aromatic carbocycles. The fourth-order valence-corrected chi connectivity index (χ4v) is 1.34. The van der Waals surface area contributed by atoms with Gasteiger partial charge in [0.1, 0.15) is 0 Å². The summed E-state index contributed by atoms with van der Waals surface area (Å²) in [5.74, 6) is -1.40. The fourth-order valence-electron chi connectivity index (χ4n) is 0.749. The van der Waals surface area contributed by atoms with Gasteiger partial charge in [-0.2, -0.15) is 11.3 Å². The molecule has 1 aromatic rings. The lowest BCUT2D eigenvalue weighted by Gasteiger charge is -2.00. The summed E-state index contributed by atoms with van der Waals surface area (Å²) in [7, 11) is 0. The Hall–Kier alpha value is -1.16. The van der Waals surface area contributed by atoms with Crippen LogP contribution in [0.1, 0.15) is 13.8 Å². The van der Waals surface area contributed by atoms with Crippen molar-refractivity contribution < 1.29 is 9.18 Å². The molecular weight excluding hydrogens is 189 g/mol. The smallest absolute Gasteiger partial charge is 0.284 e. The standard InChI is InChI=1S/C9H10FNOS/c1-6(2)8(10)9(12)11-7-3-4-13-5-7/h3-5H,1-2H3,(H,11,12). The van der Waals surface area contributed by atoms with Crippen molar-refractivity contribution in [2.75, 3.05) is 5.32 Å². The zero-order valence-electron chi connectivity index (χ0n) is 7.43. The van der Waals surface area contributed by atoms with Crippen molar-refractivity contribution in [1.82, 2.24) is 0 Å². The number of carbonyl (C=O) groups excluding carboxylic acids is 1. The van der Waals surface area contributed by atoms with Gasteiger partial charge in [0.25, 0.3) is 5.91 Å². The normalized spacial score (nSPS) is 9.46. The lowest BCUT2D eigenvalue weighted by Crippen LogP contribution is -2.12. The molecular formula is C9H10FNOS. The highest BCUT2D eigenvalue weighted by molar-refractivity contribution is 7.08. The van der Waals surface area contributed by atoms with Gasteiger partial charge in [0.15, 0.2) is 5.83 Å². The molecule has 1 amide bonds. The molecule has 0 fully saturated rings. The second-order valence-electron chi connectivity index (χ2n) is 2.78. The molecule has 0 saturated carbocycles. The Labute approximate surface area is 80.1 Å². The van der Waals surface area contributed by atoms with E-state index >= 15 is 0 Å². The van der Waals surface area contributed by atoms with Gasteiger partial charge < -0.3 is 5.32 Å². The Bertz CT molecular complexity index is 325. The number of hydrogen-bond donors (Lipinski definition) is 1. The van der Waals surface area contributed by atoms with Crippen molar-refractivity contribution in [3.8, 4) is 0 Å². The SMILES string of the molecule is CC(C)=C(F)C(=O)Nc1ccsc1. The van der Waals surface area contributed by atoms with Crippen molar-refractivity contribution in [3.63, 3.8) is 0 Å². The van der Waals surface area contributed by atoms with E-state index in [1.54, 1.807) is 25.3 Å².